The first kappa shape index (κ1) is 23.7. The second kappa shape index (κ2) is 13.8. The minimum atomic E-state index is -0.246. The quantitative estimate of drug-likeness (QED) is 0.380. The molecule has 0 spiro atoms. The van der Waals surface area contributed by atoms with E-state index in [-0.39, 0.29) is 24.8 Å². The first-order valence-electron chi connectivity index (χ1n) is 9.56. The van der Waals surface area contributed by atoms with Gasteiger partial charge >= 0.3 is 0 Å². The summed E-state index contributed by atoms with van der Waals surface area (Å²) in [5, 5.41) is 4.14. The lowest BCUT2D eigenvalue weighted by molar-refractivity contribution is 0.296. The molecule has 0 saturated heterocycles. The minimum absolute atomic E-state index is 0. The molecule has 0 bridgehead atoms. The second-order valence-electron chi connectivity index (χ2n) is 6.58. The monoisotopic (exact) mass is 413 g/mol. The third-order valence-electron chi connectivity index (χ3n) is 4.39. The highest BCUT2D eigenvalue weighted by atomic mass is 35.5. The fourth-order valence-corrected chi connectivity index (χ4v) is 3.05. The van der Waals surface area contributed by atoms with Gasteiger partial charge in [0.25, 0.3) is 0 Å². The van der Waals surface area contributed by atoms with Crippen molar-refractivity contribution in [3.05, 3.63) is 64.4 Å². The molecule has 2 rings (SSSR count). The summed E-state index contributed by atoms with van der Waals surface area (Å²) in [6, 6.07) is 12.2. The molecule has 2 nitrogen and oxygen atoms in total. The number of rotatable bonds is 12. The van der Waals surface area contributed by atoms with Crippen LogP contribution in [-0.2, 0) is 13.2 Å². The van der Waals surface area contributed by atoms with Gasteiger partial charge in [-0.05, 0) is 37.2 Å². The Morgan fingerprint density at radius 3 is 2.48 bits per heavy atom. The maximum absolute atomic E-state index is 13.7. The molecule has 2 aromatic rings. The Morgan fingerprint density at radius 2 is 1.70 bits per heavy atom. The van der Waals surface area contributed by atoms with Crippen molar-refractivity contribution in [1.82, 2.24) is 5.32 Å². The van der Waals surface area contributed by atoms with Gasteiger partial charge in [0.05, 0.1) is 0 Å². The van der Waals surface area contributed by atoms with Crippen LogP contribution in [0.1, 0.15) is 56.6 Å². The zero-order chi connectivity index (χ0) is 18.6. The summed E-state index contributed by atoms with van der Waals surface area (Å²) in [6.45, 7) is 4.12. The van der Waals surface area contributed by atoms with E-state index in [1.807, 2.05) is 18.2 Å². The summed E-state index contributed by atoms with van der Waals surface area (Å²) in [4.78, 5) is 0. The molecule has 2 aromatic carbocycles. The molecule has 1 N–H and O–H groups in total. The molecule has 5 heteroatoms. The molecule has 27 heavy (non-hydrogen) atoms. The van der Waals surface area contributed by atoms with E-state index in [4.69, 9.17) is 16.3 Å². The van der Waals surface area contributed by atoms with Crippen molar-refractivity contribution in [1.29, 1.82) is 0 Å². The Morgan fingerprint density at radius 1 is 0.963 bits per heavy atom. The van der Waals surface area contributed by atoms with Crippen LogP contribution in [-0.4, -0.2) is 6.54 Å². The first-order valence-corrected chi connectivity index (χ1v) is 9.94. The average molecular weight is 414 g/mol. The van der Waals surface area contributed by atoms with Crippen LogP contribution in [0.2, 0.25) is 5.02 Å². The van der Waals surface area contributed by atoms with Crippen LogP contribution < -0.4 is 10.1 Å². The van der Waals surface area contributed by atoms with Gasteiger partial charge in [-0.15, -0.1) is 12.4 Å². The lowest BCUT2D eigenvalue weighted by Gasteiger charge is -2.13. The molecule has 0 radical (unpaired) electrons. The molecule has 0 atom stereocenters. The molecule has 0 saturated carbocycles. The normalized spacial score (nSPS) is 10.5. The lowest BCUT2D eigenvalue weighted by atomic mass is 10.1. The minimum Gasteiger partial charge on any atom is -0.488 e. The molecule has 0 heterocycles. The Labute approximate surface area is 173 Å². The predicted octanol–water partition coefficient (Wildman–Crippen LogP) is 6.93. The summed E-state index contributed by atoms with van der Waals surface area (Å²) in [6.07, 6.45) is 7.69. The summed E-state index contributed by atoms with van der Waals surface area (Å²) < 4.78 is 19.6. The molecule has 0 aromatic heterocycles. The van der Waals surface area contributed by atoms with Crippen molar-refractivity contribution in [2.24, 2.45) is 0 Å². The van der Waals surface area contributed by atoms with Gasteiger partial charge in [-0.2, -0.15) is 0 Å². The molecular weight excluding hydrogens is 384 g/mol. The van der Waals surface area contributed by atoms with E-state index in [0.717, 1.165) is 17.9 Å². The molecule has 0 aliphatic heterocycles. The average Bonchev–Trinajstić information content (AvgIpc) is 2.64. The fraction of sp³-hybridized carbons (Fsp3) is 0.455. The van der Waals surface area contributed by atoms with Crippen molar-refractivity contribution in [3.8, 4) is 5.75 Å². The van der Waals surface area contributed by atoms with E-state index in [0.29, 0.717) is 17.1 Å². The number of unbranched alkanes of at least 4 members (excludes halogenated alkanes) is 5. The van der Waals surface area contributed by atoms with Gasteiger partial charge in [-0.25, -0.2) is 4.39 Å². The number of hydrogen-bond acceptors (Lipinski definition) is 2. The lowest BCUT2D eigenvalue weighted by Crippen LogP contribution is -2.15. The van der Waals surface area contributed by atoms with Crippen LogP contribution in [0, 0.1) is 5.82 Å². The van der Waals surface area contributed by atoms with Gasteiger partial charge in [-0.1, -0.05) is 68.8 Å². The number of ether oxygens (including phenoxy) is 1. The van der Waals surface area contributed by atoms with E-state index in [2.05, 4.69) is 12.2 Å². The Hall–Kier alpha value is -1.29. The maximum atomic E-state index is 13.7. The summed E-state index contributed by atoms with van der Waals surface area (Å²) in [7, 11) is 0. The van der Waals surface area contributed by atoms with Gasteiger partial charge in [0.2, 0.25) is 0 Å². The van der Waals surface area contributed by atoms with Gasteiger partial charge < -0.3 is 10.1 Å². The fourth-order valence-electron chi connectivity index (χ4n) is 2.85. The molecule has 0 unspecified atom stereocenters. The summed E-state index contributed by atoms with van der Waals surface area (Å²) >= 11 is 6.13. The second-order valence-corrected chi connectivity index (χ2v) is 7.01. The molecule has 150 valence electrons. The highest BCUT2D eigenvalue weighted by molar-refractivity contribution is 6.30. The number of nitrogens with one attached hydrogen (secondary N) is 1. The molecule has 0 aliphatic carbocycles. The number of halogens is 3. The van der Waals surface area contributed by atoms with E-state index in [1.165, 1.54) is 44.6 Å². The van der Waals surface area contributed by atoms with Crippen molar-refractivity contribution < 1.29 is 9.13 Å². The molecule has 0 aliphatic rings. The van der Waals surface area contributed by atoms with Crippen molar-refractivity contribution in [3.63, 3.8) is 0 Å². The number of benzene rings is 2. The van der Waals surface area contributed by atoms with E-state index < -0.39 is 0 Å². The molecule has 0 fully saturated rings. The summed E-state index contributed by atoms with van der Waals surface area (Å²) in [5.41, 5.74) is 1.55. The van der Waals surface area contributed by atoms with Crippen molar-refractivity contribution in [2.45, 2.75) is 58.6 Å². The van der Waals surface area contributed by atoms with E-state index in [1.54, 1.807) is 18.2 Å². The Balaban J connectivity index is 0.00000364. The number of hydrogen-bond donors (Lipinski definition) is 1. The van der Waals surface area contributed by atoms with Crippen LogP contribution in [0.15, 0.2) is 42.5 Å². The van der Waals surface area contributed by atoms with Gasteiger partial charge in [0, 0.05) is 22.7 Å². The van der Waals surface area contributed by atoms with Crippen LogP contribution >= 0.6 is 24.0 Å². The van der Waals surface area contributed by atoms with Crippen molar-refractivity contribution in [2.75, 3.05) is 6.54 Å². The maximum Gasteiger partial charge on any atom is 0.129 e. The van der Waals surface area contributed by atoms with Crippen LogP contribution in [0.25, 0.3) is 0 Å². The van der Waals surface area contributed by atoms with E-state index >= 15 is 0 Å². The first-order chi connectivity index (χ1) is 12.7. The highest BCUT2D eigenvalue weighted by Crippen LogP contribution is 2.24. The Bertz CT molecular complexity index is 667. The van der Waals surface area contributed by atoms with Crippen LogP contribution in [0.4, 0.5) is 4.39 Å². The van der Waals surface area contributed by atoms with Gasteiger partial charge in [0.1, 0.15) is 18.2 Å². The van der Waals surface area contributed by atoms with Crippen LogP contribution in [0.5, 0.6) is 5.75 Å². The predicted molar refractivity (Wildman–Crippen MR) is 115 cm³/mol. The smallest absolute Gasteiger partial charge is 0.129 e. The van der Waals surface area contributed by atoms with Gasteiger partial charge in [-0.3, -0.25) is 0 Å². The zero-order valence-corrected chi connectivity index (χ0v) is 17.6. The highest BCUT2D eigenvalue weighted by Gasteiger charge is 2.07. The largest absolute Gasteiger partial charge is 0.488 e. The standard InChI is InChI=1S/C22H29ClFNO.ClH/c1-2-3-4-5-6-9-14-25-16-19-15-20(23)12-13-22(19)26-17-18-10-7-8-11-21(18)24;/h7-8,10-13,15,25H,2-6,9,14,16-17H2,1H3;1H. The van der Waals surface area contributed by atoms with E-state index in [9.17, 15) is 4.39 Å². The molecule has 0 amide bonds. The van der Waals surface area contributed by atoms with Gasteiger partial charge in [0.15, 0.2) is 0 Å². The SMILES string of the molecule is CCCCCCCCNCc1cc(Cl)ccc1OCc1ccccc1F.Cl. The third-order valence-corrected chi connectivity index (χ3v) is 4.62. The van der Waals surface area contributed by atoms with Crippen molar-refractivity contribution >= 4 is 24.0 Å². The summed E-state index contributed by atoms with van der Waals surface area (Å²) in [5.74, 6) is 0.498. The Kier molecular flexibility index (Phi) is 12.2. The topological polar surface area (TPSA) is 21.3 Å². The zero-order valence-electron chi connectivity index (χ0n) is 16.0. The van der Waals surface area contributed by atoms with Crippen LogP contribution in [0.3, 0.4) is 0 Å². The molecular formula is C22H30Cl2FNO. The third kappa shape index (κ3) is 8.96.